The molecular weight excluding hydrogens is 419 g/mol. The van der Waals surface area contributed by atoms with Crippen LogP contribution in [0.1, 0.15) is 44.7 Å². The molecule has 8 nitrogen and oxygen atoms in total. The van der Waals surface area contributed by atoms with E-state index >= 15 is 0 Å². The summed E-state index contributed by atoms with van der Waals surface area (Å²) in [7, 11) is 0. The first kappa shape index (κ1) is 24.6. The van der Waals surface area contributed by atoms with Gasteiger partial charge in [0, 0.05) is 5.92 Å². The molecule has 9 heteroatoms. The number of hydrogen-bond donors (Lipinski definition) is 3. The summed E-state index contributed by atoms with van der Waals surface area (Å²) in [6.07, 6.45) is -1.72. The van der Waals surface area contributed by atoms with Crippen LogP contribution in [0.15, 0.2) is 48.5 Å². The Hall–Kier alpha value is -3.62. The van der Waals surface area contributed by atoms with Crippen molar-refractivity contribution in [3.63, 3.8) is 0 Å². The van der Waals surface area contributed by atoms with Crippen LogP contribution < -0.4 is 10.6 Å². The molecule has 0 aliphatic heterocycles. The minimum Gasteiger partial charge on any atom is -0.480 e. The van der Waals surface area contributed by atoms with Crippen molar-refractivity contribution in [2.45, 2.75) is 51.9 Å². The molecule has 0 heterocycles. The van der Waals surface area contributed by atoms with Crippen molar-refractivity contribution in [1.29, 1.82) is 0 Å². The van der Waals surface area contributed by atoms with E-state index in [4.69, 9.17) is 9.47 Å². The molecule has 172 valence electrons. The van der Waals surface area contributed by atoms with Crippen LogP contribution >= 0.6 is 0 Å². The number of benzene rings is 2. The highest BCUT2D eigenvalue weighted by Crippen LogP contribution is 2.25. The van der Waals surface area contributed by atoms with Crippen molar-refractivity contribution in [3.05, 3.63) is 65.5 Å². The van der Waals surface area contributed by atoms with Gasteiger partial charge in [0.05, 0.1) is 5.69 Å². The van der Waals surface area contributed by atoms with Crippen LogP contribution in [0.5, 0.6) is 0 Å². The van der Waals surface area contributed by atoms with E-state index in [1.54, 1.807) is 45.0 Å². The number of carbonyl (C=O) groups excluding carboxylic acids is 2. The Morgan fingerprint density at radius 2 is 1.72 bits per heavy atom. The van der Waals surface area contributed by atoms with Gasteiger partial charge in [-0.25, -0.2) is 18.8 Å². The molecule has 0 saturated heterocycles. The van der Waals surface area contributed by atoms with Crippen molar-refractivity contribution in [3.8, 4) is 0 Å². The quantitative estimate of drug-likeness (QED) is 0.570. The van der Waals surface area contributed by atoms with E-state index < -0.39 is 41.5 Å². The molecule has 2 rings (SSSR count). The van der Waals surface area contributed by atoms with E-state index in [-0.39, 0.29) is 12.3 Å². The number of hydrogen-bond acceptors (Lipinski definition) is 5. The Bertz CT molecular complexity index is 959. The SMILES string of the molecule is CC(c1ccc(NC(=O)OCc2ccccc2)c(F)c1)[C@@H](NC(=O)OC(C)(C)C)C(=O)O. The van der Waals surface area contributed by atoms with Crippen LogP contribution in [0.4, 0.5) is 19.7 Å². The summed E-state index contributed by atoms with van der Waals surface area (Å²) < 4.78 is 24.7. The van der Waals surface area contributed by atoms with Gasteiger partial charge in [-0.05, 0) is 44.0 Å². The van der Waals surface area contributed by atoms with Gasteiger partial charge < -0.3 is 19.9 Å². The van der Waals surface area contributed by atoms with Gasteiger partial charge in [-0.3, -0.25) is 5.32 Å². The van der Waals surface area contributed by atoms with Gasteiger partial charge in [-0.2, -0.15) is 0 Å². The molecule has 0 spiro atoms. The Kier molecular flexibility index (Phi) is 8.17. The van der Waals surface area contributed by atoms with E-state index in [1.807, 2.05) is 6.07 Å². The highest BCUT2D eigenvalue weighted by Gasteiger charge is 2.30. The molecule has 2 aromatic carbocycles. The molecule has 3 N–H and O–H groups in total. The summed E-state index contributed by atoms with van der Waals surface area (Å²) in [4.78, 5) is 35.6. The topological polar surface area (TPSA) is 114 Å². The first-order chi connectivity index (χ1) is 15.0. The molecule has 0 saturated carbocycles. The van der Waals surface area contributed by atoms with Crippen molar-refractivity contribution >= 4 is 23.8 Å². The van der Waals surface area contributed by atoms with E-state index in [0.717, 1.165) is 11.6 Å². The lowest BCUT2D eigenvalue weighted by atomic mass is 9.93. The number of carboxylic acids is 1. The second-order valence-corrected chi connectivity index (χ2v) is 8.18. The lowest BCUT2D eigenvalue weighted by molar-refractivity contribution is -0.140. The summed E-state index contributed by atoms with van der Waals surface area (Å²) >= 11 is 0. The molecule has 2 atom stereocenters. The summed E-state index contributed by atoms with van der Waals surface area (Å²) in [5.41, 5.74) is 0.176. The fraction of sp³-hybridized carbons (Fsp3) is 0.348. The number of carbonyl (C=O) groups is 3. The van der Waals surface area contributed by atoms with Crippen molar-refractivity contribution in [2.75, 3.05) is 5.32 Å². The zero-order valence-electron chi connectivity index (χ0n) is 18.3. The number of ether oxygens (including phenoxy) is 2. The molecule has 2 amide bonds. The van der Waals surface area contributed by atoms with Gasteiger partial charge >= 0.3 is 18.2 Å². The third-order valence-electron chi connectivity index (χ3n) is 4.41. The predicted molar refractivity (Wildman–Crippen MR) is 116 cm³/mol. The number of amides is 2. The maximum absolute atomic E-state index is 14.6. The summed E-state index contributed by atoms with van der Waals surface area (Å²) in [6, 6.07) is 11.5. The predicted octanol–water partition coefficient (Wildman–Crippen LogP) is 4.66. The smallest absolute Gasteiger partial charge is 0.412 e. The average Bonchev–Trinajstić information content (AvgIpc) is 2.71. The van der Waals surface area contributed by atoms with Crippen molar-refractivity contribution in [1.82, 2.24) is 5.32 Å². The molecule has 0 aromatic heterocycles. The first-order valence-electron chi connectivity index (χ1n) is 9.95. The number of nitrogens with one attached hydrogen (secondary N) is 2. The molecular formula is C23H27FN2O6. The lowest BCUT2D eigenvalue weighted by Crippen LogP contribution is -2.46. The highest BCUT2D eigenvalue weighted by atomic mass is 19.1. The van der Waals surface area contributed by atoms with Gasteiger partial charge in [-0.15, -0.1) is 0 Å². The van der Waals surface area contributed by atoms with Gasteiger partial charge in [0.15, 0.2) is 0 Å². The zero-order valence-corrected chi connectivity index (χ0v) is 18.3. The number of alkyl carbamates (subject to hydrolysis) is 1. The largest absolute Gasteiger partial charge is 0.480 e. The van der Waals surface area contributed by atoms with Crippen molar-refractivity contribution in [2.24, 2.45) is 0 Å². The average molecular weight is 446 g/mol. The molecule has 0 bridgehead atoms. The van der Waals surface area contributed by atoms with E-state index in [0.29, 0.717) is 5.56 Å². The minimum absolute atomic E-state index is 0.0278. The van der Waals surface area contributed by atoms with Gasteiger partial charge in [-0.1, -0.05) is 43.3 Å². The van der Waals surface area contributed by atoms with Crippen LogP contribution in [-0.2, 0) is 20.9 Å². The van der Waals surface area contributed by atoms with E-state index in [9.17, 15) is 23.9 Å². The van der Waals surface area contributed by atoms with Crippen LogP contribution in [0, 0.1) is 5.82 Å². The summed E-state index contributed by atoms with van der Waals surface area (Å²) in [6.45, 7) is 6.51. The Balaban J connectivity index is 2.04. The summed E-state index contributed by atoms with van der Waals surface area (Å²) in [5, 5.41) is 14.1. The number of rotatable bonds is 7. The van der Waals surface area contributed by atoms with Crippen LogP contribution in [0.3, 0.4) is 0 Å². The third kappa shape index (κ3) is 7.57. The van der Waals surface area contributed by atoms with Gasteiger partial charge in [0.1, 0.15) is 24.1 Å². The minimum atomic E-state index is -1.35. The molecule has 1 unspecified atom stereocenters. The number of anilines is 1. The molecule has 0 radical (unpaired) electrons. The van der Waals surface area contributed by atoms with Gasteiger partial charge in [0.2, 0.25) is 0 Å². The molecule has 0 aliphatic carbocycles. The lowest BCUT2D eigenvalue weighted by Gasteiger charge is -2.25. The fourth-order valence-corrected chi connectivity index (χ4v) is 2.81. The molecule has 32 heavy (non-hydrogen) atoms. The van der Waals surface area contributed by atoms with E-state index in [1.165, 1.54) is 19.1 Å². The van der Waals surface area contributed by atoms with Crippen LogP contribution in [-0.4, -0.2) is 34.9 Å². The second kappa shape index (κ2) is 10.6. The monoisotopic (exact) mass is 446 g/mol. The molecule has 0 aliphatic rings. The third-order valence-corrected chi connectivity index (χ3v) is 4.41. The Morgan fingerprint density at radius 1 is 1.06 bits per heavy atom. The van der Waals surface area contributed by atoms with E-state index in [2.05, 4.69) is 10.6 Å². The van der Waals surface area contributed by atoms with Crippen molar-refractivity contribution < 1.29 is 33.4 Å². The number of halogens is 1. The Morgan fingerprint density at radius 3 is 2.28 bits per heavy atom. The van der Waals surface area contributed by atoms with Crippen LogP contribution in [0.25, 0.3) is 0 Å². The maximum Gasteiger partial charge on any atom is 0.412 e. The Labute approximate surface area is 185 Å². The number of aliphatic carboxylic acids is 1. The van der Waals surface area contributed by atoms with Crippen LogP contribution in [0.2, 0.25) is 0 Å². The fourth-order valence-electron chi connectivity index (χ4n) is 2.81. The second-order valence-electron chi connectivity index (χ2n) is 8.18. The standard InChI is InChI=1S/C23H27FN2O6/c1-14(19(20(27)28)26-22(30)32-23(2,3)4)16-10-11-18(17(24)12-16)25-21(29)31-13-15-8-6-5-7-9-15/h5-12,14,19H,13H2,1-4H3,(H,25,29)(H,26,30)(H,27,28)/t14?,19-/m1/s1. The first-order valence-corrected chi connectivity index (χ1v) is 9.95. The molecule has 2 aromatic rings. The number of carboxylic acid groups (broad SMARTS) is 1. The summed E-state index contributed by atoms with van der Waals surface area (Å²) in [5.74, 6) is -2.85. The normalized spacial score (nSPS) is 12.9. The maximum atomic E-state index is 14.6. The molecule has 0 fully saturated rings. The zero-order chi connectivity index (χ0) is 23.9. The highest BCUT2D eigenvalue weighted by molar-refractivity contribution is 5.85. The van der Waals surface area contributed by atoms with Gasteiger partial charge in [0.25, 0.3) is 0 Å².